The summed E-state index contributed by atoms with van der Waals surface area (Å²) in [5, 5.41) is 30.2. The van der Waals surface area contributed by atoms with Crippen molar-refractivity contribution in [3.8, 4) is 11.5 Å². The molecule has 0 aromatic heterocycles. The average molecular weight is 478 g/mol. The molecule has 0 aliphatic carbocycles. The van der Waals surface area contributed by atoms with E-state index in [0.717, 1.165) is 0 Å². The zero-order chi connectivity index (χ0) is 19.3. The molecule has 10 heteroatoms. The molecule has 8 nitrogen and oxygen atoms in total. The standard InChI is InChI=1S/C8H8BrNO3.C7H6BrNO3/c1-5-6(9)3-4-7(13-2)8(5)10(11)12;1-4-5(8)2-3-6(10)7(4)9(11)12/h3-4H,1-2H3;2-3,10H,1H3. The molecule has 0 saturated heterocycles. The number of methoxy groups -OCH3 is 1. The smallest absolute Gasteiger partial charge is 0.314 e. The van der Waals surface area contributed by atoms with Crippen LogP contribution in [0.25, 0.3) is 0 Å². The van der Waals surface area contributed by atoms with Gasteiger partial charge in [0.05, 0.1) is 17.0 Å². The van der Waals surface area contributed by atoms with E-state index in [9.17, 15) is 20.2 Å². The first kappa shape index (κ1) is 20.8. The SMILES string of the molecule is COc1ccc(Br)c(C)c1[N+](=O)[O-].Cc1c(Br)ccc(O)c1[N+](=O)[O-]. The summed E-state index contributed by atoms with van der Waals surface area (Å²) in [6, 6.07) is 6.14. The van der Waals surface area contributed by atoms with Crippen LogP contribution in [0, 0.1) is 34.1 Å². The predicted octanol–water partition coefficient (Wildman–Crippen LogP) is 5.05. The number of ether oxygens (including phenoxy) is 1. The number of phenolic OH excluding ortho intramolecular Hbond substituents is 1. The van der Waals surface area contributed by atoms with Gasteiger partial charge in [0.1, 0.15) is 0 Å². The van der Waals surface area contributed by atoms with Crippen molar-refractivity contribution in [2.24, 2.45) is 0 Å². The highest BCUT2D eigenvalue weighted by Gasteiger charge is 2.20. The monoisotopic (exact) mass is 476 g/mol. The van der Waals surface area contributed by atoms with E-state index < -0.39 is 9.85 Å². The molecular formula is C15H14Br2N2O6. The molecule has 2 aromatic carbocycles. The molecule has 0 amide bonds. The van der Waals surface area contributed by atoms with Crippen LogP contribution in [0.15, 0.2) is 33.2 Å². The van der Waals surface area contributed by atoms with Crippen molar-refractivity contribution in [3.05, 3.63) is 64.6 Å². The van der Waals surface area contributed by atoms with Crippen molar-refractivity contribution in [3.63, 3.8) is 0 Å². The summed E-state index contributed by atoms with van der Waals surface area (Å²) in [6.45, 7) is 3.24. The van der Waals surface area contributed by atoms with Gasteiger partial charge in [0.2, 0.25) is 0 Å². The summed E-state index contributed by atoms with van der Waals surface area (Å²) in [5.41, 5.74) is 0.769. The zero-order valence-electron chi connectivity index (χ0n) is 13.4. The van der Waals surface area contributed by atoms with Crippen LogP contribution >= 0.6 is 31.9 Å². The van der Waals surface area contributed by atoms with E-state index in [4.69, 9.17) is 9.84 Å². The van der Waals surface area contributed by atoms with Crippen molar-refractivity contribution >= 4 is 43.2 Å². The maximum atomic E-state index is 10.7. The third kappa shape index (κ3) is 4.89. The molecule has 0 bridgehead atoms. The van der Waals surface area contributed by atoms with Crippen molar-refractivity contribution in [1.82, 2.24) is 0 Å². The fourth-order valence-electron chi connectivity index (χ4n) is 1.93. The first-order valence-corrected chi connectivity index (χ1v) is 8.30. The molecule has 0 spiro atoms. The number of rotatable bonds is 3. The van der Waals surface area contributed by atoms with Crippen LogP contribution in [0.2, 0.25) is 0 Å². The zero-order valence-corrected chi connectivity index (χ0v) is 16.6. The molecular weight excluding hydrogens is 464 g/mol. The minimum Gasteiger partial charge on any atom is -0.502 e. The van der Waals surface area contributed by atoms with Crippen molar-refractivity contribution in [2.45, 2.75) is 13.8 Å². The first-order chi connectivity index (χ1) is 11.6. The first-order valence-electron chi connectivity index (χ1n) is 6.71. The summed E-state index contributed by atoms with van der Waals surface area (Å²) in [7, 11) is 1.41. The molecule has 0 saturated carbocycles. The molecule has 25 heavy (non-hydrogen) atoms. The molecule has 134 valence electrons. The van der Waals surface area contributed by atoms with Crippen molar-refractivity contribution in [2.75, 3.05) is 7.11 Å². The maximum absolute atomic E-state index is 10.7. The van der Waals surface area contributed by atoms with E-state index in [1.54, 1.807) is 32.0 Å². The van der Waals surface area contributed by atoms with Gasteiger partial charge in [-0.25, -0.2) is 0 Å². The van der Waals surface area contributed by atoms with Gasteiger partial charge >= 0.3 is 11.4 Å². The van der Waals surface area contributed by atoms with Crippen molar-refractivity contribution in [1.29, 1.82) is 0 Å². The Hall–Kier alpha value is -2.20. The molecule has 0 fully saturated rings. The minimum absolute atomic E-state index is 0.0110. The number of phenols is 1. The van der Waals surface area contributed by atoms with E-state index in [2.05, 4.69) is 31.9 Å². The second kappa shape index (κ2) is 8.77. The highest BCUT2D eigenvalue weighted by molar-refractivity contribution is 9.10. The number of hydrogen-bond donors (Lipinski definition) is 1. The molecule has 2 aromatic rings. The molecule has 0 unspecified atom stereocenters. The Labute approximate surface area is 160 Å². The van der Waals surface area contributed by atoms with E-state index >= 15 is 0 Å². The summed E-state index contributed by atoms with van der Waals surface area (Å²) < 4.78 is 6.21. The van der Waals surface area contributed by atoms with Crippen LogP contribution in [0.5, 0.6) is 11.5 Å². The molecule has 0 heterocycles. The van der Waals surface area contributed by atoms with Gasteiger partial charge in [-0.05, 0) is 38.1 Å². The molecule has 0 radical (unpaired) electrons. The summed E-state index contributed by atoms with van der Waals surface area (Å²) in [4.78, 5) is 20.0. The minimum atomic E-state index is -0.602. The Kier molecular flexibility index (Phi) is 7.31. The number of hydrogen-bond acceptors (Lipinski definition) is 6. The van der Waals surface area contributed by atoms with Crippen LogP contribution in [0.4, 0.5) is 11.4 Å². The summed E-state index contributed by atoms with van der Waals surface area (Å²) >= 11 is 6.35. The fraction of sp³-hybridized carbons (Fsp3) is 0.200. The topological polar surface area (TPSA) is 116 Å². The van der Waals surface area contributed by atoms with Gasteiger partial charge < -0.3 is 9.84 Å². The van der Waals surface area contributed by atoms with Gasteiger partial charge in [-0.1, -0.05) is 31.9 Å². The highest BCUT2D eigenvalue weighted by Crippen LogP contribution is 2.35. The Bertz CT molecular complexity index is 826. The summed E-state index contributed by atoms with van der Waals surface area (Å²) in [5.74, 6) is -0.0219. The lowest BCUT2D eigenvalue weighted by atomic mass is 10.2. The molecule has 0 aliphatic heterocycles. The Morgan fingerprint density at radius 1 is 0.920 bits per heavy atom. The fourth-order valence-corrected chi connectivity index (χ4v) is 2.57. The van der Waals surface area contributed by atoms with Crippen LogP contribution < -0.4 is 4.74 Å². The van der Waals surface area contributed by atoms with E-state index in [0.29, 0.717) is 20.1 Å². The van der Waals surface area contributed by atoms with Crippen molar-refractivity contribution < 1.29 is 19.7 Å². The Morgan fingerprint density at radius 2 is 1.36 bits per heavy atom. The lowest BCUT2D eigenvalue weighted by Gasteiger charge is -2.04. The van der Waals surface area contributed by atoms with Gasteiger partial charge in [-0.15, -0.1) is 0 Å². The van der Waals surface area contributed by atoms with E-state index in [1.807, 2.05) is 0 Å². The van der Waals surface area contributed by atoms with E-state index in [-0.39, 0.29) is 22.9 Å². The quantitative estimate of drug-likeness (QED) is 0.488. The van der Waals surface area contributed by atoms with Crippen LogP contribution in [0.1, 0.15) is 11.1 Å². The third-order valence-corrected chi connectivity index (χ3v) is 4.97. The maximum Gasteiger partial charge on any atom is 0.314 e. The van der Waals surface area contributed by atoms with Gasteiger partial charge in [0.25, 0.3) is 0 Å². The molecule has 2 rings (SSSR count). The van der Waals surface area contributed by atoms with Gasteiger partial charge in [-0.3, -0.25) is 20.2 Å². The predicted molar refractivity (Wildman–Crippen MR) is 99.3 cm³/mol. The van der Waals surface area contributed by atoms with Gasteiger partial charge in [-0.2, -0.15) is 0 Å². The van der Waals surface area contributed by atoms with Gasteiger partial charge in [0, 0.05) is 20.1 Å². The number of nitrogens with zero attached hydrogens (tertiary/aromatic N) is 2. The molecule has 0 atom stereocenters. The highest BCUT2D eigenvalue weighted by atomic mass is 79.9. The second-order valence-corrected chi connectivity index (χ2v) is 6.49. The number of nitro benzene ring substituents is 2. The number of nitro groups is 2. The average Bonchev–Trinajstić information content (AvgIpc) is 2.53. The van der Waals surface area contributed by atoms with Gasteiger partial charge in [0.15, 0.2) is 11.5 Å². The number of aromatic hydroxyl groups is 1. The van der Waals surface area contributed by atoms with Crippen LogP contribution in [-0.2, 0) is 0 Å². The lowest BCUT2D eigenvalue weighted by Crippen LogP contribution is -1.96. The summed E-state index contributed by atoms with van der Waals surface area (Å²) in [6.07, 6.45) is 0. The third-order valence-electron chi connectivity index (χ3n) is 3.26. The van der Waals surface area contributed by atoms with Crippen LogP contribution in [-0.4, -0.2) is 22.1 Å². The number of halogens is 2. The largest absolute Gasteiger partial charge is 0.502 e. The Balaban J connectivity index is 0.000000251. The lowest BCUT2D eigenvalue weighted by molar-refractivity contribution is -0.386. The molecule has 1 N–H and O–H groups in total. The molecule has 0 aliphatic rings. The van der Waals surface area contributed by atoms with E-state index in [1.165, 1.54) is 13.2 Å². The second-order valence-electron chi connectivity index (χ2n) is 4.78. The number of benzene rings is 2. The normalized spacial score (nSPS) is 9.80. The van der Waals surface area contributed by atoms with Crippen LogP contribution in [0.3, 0.4) is 0 Å². The Morgan fingerprint density at radius 3 is 1.76 bits per heavy atom.